The van der Waals surface area contributed by atoms with E-state index in [9.17, 15) is 13.6 Å². The van der Waals surface area contributed by atoms with Gasteiger partial charge in [0.15, 0.2) is 5.82 Å². The van der Waals surface area contributed by atoms with Gasteiger partial charge in [-0.25, -0.2) is 8.78 Å². The zero-order valence-corrected chi connectivity index (χ0v) is 13.1. The first-order valence-corrected chi connectivity index (χ1v) is 6.98. The van der Waals surface area contributed by atoms with Crippen molar-refractivity contribution in [2.45, 2.75) is 6.92 Å². The standard InChI is InChI=1S/C14H10BrClF2N2O/c1-6-9(2-7(15)3-12(6)19)14(21)20-13-10(16)4-8(17)5-11(13)18/h2-5H,19H2,1H3,(H,20,21). The van der Waals surface area contributed by atoms with Crippen LogP contribution < -0.4 is 11.1 Å². The van der Waals surface area contributed by atoms with Crippen LogP contribution in [-0.4, -0.2) is 5.91 Å². The topological polar surface area (TPSA) is 55.1 Å². The predicted molar refractivity (Wildman–Crippen MR) is 82.6 cm³/mol. The number of carbonyl (C=O) groups excluding carboxylic acids is 1. The Balaban J connectivity index is 2.40. The fraction of sp³-hybridized carbons (Fsp3) is 0.0714. The minimum Gasteiger partial charge on any atom is -0.398 e. The number of nitrogens with two attached hydrogens (primary N) is 1. The number of halogens is 4. The summed E-state index contributed by atoms with van der Waals surface area (Å²) < 4.78 is 27.3. The van der Waals surface area contributed by atoms with Gasteiger partial charge >= 0.3 is 0 Å². The third kappa shape index (κ3) is 3.33. The molecule has 110 valence electrons. The van der Waals surface area contributed by atoms with E-state index >= 15 is 0 Å². The van der Waals surface area contributed by atoms with Gasteiger partial charge in [0.05, 0.1) is 10.7 Å². The van der Waals surface area contributed by atoms with E-state index < -0.39 is 17.5 Å². The molecule has 0 fully saturated rings. The van der Waals surface area contributed by atoms with Crippen LogP contribution >= 0.6 is 27.5 Å². The lowest BCUT2D eigenvalue weighted by Crippen LogP contribution is -2.15. The van der Waals surface area contributed by atoms with Gasteiger partial charge in [-0.1, -0.05) is 27.5 Å². The molecule has 2 aromatic carbocycles. The van der Waals surface area contributed by atoms with Crippen molar-refractivity contribution in [1.82, 2.24) is 0 Å². The number of hydrogen-bond acceptors (Lipinski definition) is 2. The number of hydrogen-bond donors (Lipinski definition) is 2. The summed E-state index contributed by atoms with van der Waals surface area (Å²) in [5.41, 5.74) is 6.73. The Morgan fingerprint density at radius 2 is 1.95 bits per heavy atom. The Labute approximate surface area is 133 Å². The molecular weight excluding hydrogens is 366 g/mol. The fourth-order valence-corrected chi connectivity index (χ4v) is 2.50. The summed E-state index contributed by atoms with van der Waals surface area (Å²) in [6.07, 6.45) is 0. The number of nitrogen functional groups attached to an aromatic ring is 1. The molecule has 0 aliphatic heterocycles. The fourth-order valence-electron chi connectivity index (χ4n) is 1.78. The summed E-state index contributed by atoms with van der Waals surface area (Å²) >= 11 is 8.97. The van der Waals surface area contributed by atoms with Crippen LogP contribution in [0.25, 0.3) is 0 Å². The second-order valence-corrected chi connectivity index (χ2v) is 5.69. The lowest BCUT2D eigenvalue weighted by molar-refractivity contribution is 0.102. The van der Waals surface area contributed by atoms with E-state index in [4.69, 9.17) is 17.3 Å². The molecule has 7 heteroatoms. The summed E-state index contributed by atoms with van der Waals surface area (Å²) in [6.45, 7) is 1.67. The number of rotatable bonds is 2. The van der Waals surface area contributed by atoms with Crippen molar-refractivity contribution in [3.05, 3.63) is 56.5 Å². The molecule has 0 atom stereocenters. The van der Waals surface area contributed by atoms with E-state index in [2.05, 4.69) is 21.2 Å². The summed E-state index contributed by atoms with van der Waals surface area (Å²) in [6, 6.07) is 4.76. The molecule has 1 amide bonds. The van der Waals surface area contributed by atoms with Crippen LogP contribution in [0.15, 0.2) is 28.7 Å². The molecule has 0 aliphatic carbocycles. The van der Waals surface area contributed by atoms with E-state index in [1.807, 2.05) is 0 Å². The van der Waals surface area contributed by atoms with Crippen LogP contribution in [0.2, 0.25) is 5.02 Å². The van der Waals surface area contributed by atoms with Gasteiger partial charge in [-0.2, -0.15) is 0 Å². The van der Waals surface area contributed by atoms with Crippen LogP contribution in [0.3, 0.4) is 0 Å². The van der Waals surface area contributed by atoms with Gasteiger partial charge in [0.2, 0.25) is 0 Å². The normalized spacial score (nSPS) is 10.5. The van der Waals surface area contributed by atoms with E-state index in [0.717, 1.165) is 6.07 Å². The SMILES string of the molecule is Cc1c(N)cc(Br)cc1C(=O)Nc1c(F)cc(F)cc1Cl. The van der Waals surface area contributed by atoms with Crippen LogP contribution in [0.4, 0.5) is 20.2 Å². The van der Waals surface area contributed by atoms with Crippen molar-refractivity contribution >= 4 is 44.8 Å². The minimum atomic E-state index is -0.950. The quantitative estimate of drug-likeness (QED) is 0.758. The second kappa shape index (κ2) is 5.99. The Hall–Kier alpha value is -1.66. The maximum absolute atomic E-state index is 13.7. The van der Waals surface area contributed by atoms with E-state index in [1.54, 1.807) is 19.1 Å². The molecule has 0 unspecified atom stereocenters. The van der Waals surface area contributed by atoms with Crippen LogP contribution in [0.1, 0.15) is 15.9 Å². The summed E-state index contributed by atoms with van der Waals surface area (Å²) in [5.74, 6) is -2.36. The van der Waals surface area contributed by atoms with Crippen molar-refractivity contribution in [3.8, 4) is 0 Å². The lowest BCUT2D eigenvalue weighted by atomic mass is 10.1. The average molecular weight is 376 g/mol. The highest BCUT2D eigenvalue weighted by Crippen LogP contribution is 2.28. The molecule has 0 aliphatic rings. The first-order valence-electron chi connectivity index (χ1n) is 5.81. The third-order valence-electron chi connectivity index (χ3n) is 2.90. The number of amides is 1. The lowest BCUT2D eigenvalue weighted by Gasteiger charge is -2.12. The van der Waals surface area contributed by atoms with E-state index in [0.29, 0.717) is 21.8 Å². The smallest absolute Gasteiger partial charge is 0.256 e. The average Bonchev–Trinajstić information content (AvgIpc) is 2.37. The second-order valence-electron chi connectivity index (χ2n) is 4.37. The zero-order chi connectivity index (χ0) is 15.7. The summed E-state index contributed by atoms with van der Waals surface area (Å²) in [5, 5.41) is 2.11. The van der Waals surface area contributed by atoms with Gasteiger partial charge < -0.3 is 11.1 Å². The molecule has 0 radical (unpaired) electrons. The van der Waals surface area contributed by atoms with Crippen molar-refractivity contribution in [1.29, 1.82) is 0 Å². The van der Waals surface area contributed by atoms with Gasteiger partial charge in [0.1, 0.15) is 5.82 Å². The predicted octanol–water partition coefficient (Wildman–Crippen LogP) is 4.52. The van der Waals surface area contributed by atoms with Crippen molar-refractivity contribution in [2.24, 2.45) is 0 Å². The largest absolute Gasteiger partial charge is 0.398 e. The van der Waals surface area contributed by atoms with Crippen LogP contribution in [-0.2, 0) is 0 Å². The molecule has 0 heterocycles. The third-order valence-corrected chi connectivity index (χ3v) is 3.66. The minimum absolute atomic E-state index is 0.221. The van der Waals surface area contributed by atoms with E-state index in [-0.39, 0.29) is 16.3 Å². The Morgan fingerprint density at radius 3 is 2.57 bits per heavy atom. The first-order chi connectivity index (χ1) is 9.79. The Bertz CT molecular complexity index is 714. The van der Waals surface area contributed by atoms with Crippen LogP contribution in [0, 0.1) is 18.6 Å². The molecule has 2 aromatic rings. The first kappa shape index (κ1) is 15.7. The summed E-state index contributed by atoms with van der Waals surface area (Å²) in [7, 11) is 0. The molecule has 21 heavy (non-hydrogen) atoms. The molecular formula is C14H10BrClF2N2O. The molecule has 3 N–H and O–H groups in total. The molecule has 0 spiro atoms. The van der Waals surface area contributed by atoms with Crippen molar-refractivity contribution < 1.29 is 13.6 Å². The molecule has 2 rings (SSSR count). The van der Waals surface area contributed by atoms with Gasteiger partial charge in [-0.3, -0.25) is 4.79 Å². The monoisotopic (exact) mass is 374 g/mol. The molecule has 0 aromatic heterocycles. The number of nitrogens with one attached hydrogen (secondary N) is 1. The zero-order valence-electron chi connectivity index (χ0n) is 10.8. The van der Waals surface area contributed by atoms with Crippen LogP contribution in [0.5, 0.6) is 0 Å². The van der Waals surface area contributed by atoms with Gasteiger partial charge in [0, 0.05) is 21.8 Å². The van der Waals surface area contributed by atoms with Gasteiger partial charge in [-0.15, -0.1) is 0 Å². The molecule has 0 saturated carbocycles. The highest BCUT2D eigenvalue weighted by atomic mass is 79.9. The molecule has 3 nitrogen and oxygen atoms in total. The molecule has 0 saturated heterocycles. The number of benzene rings is 2. The Morgan fingerprint density at radius 1 is 1.29 bits per heavy atom. The van der Waals surface area contributed by atoms with Gasteiger partial charge in [-0.05, 0) is 30.7 Å². The number of carbonyl (C=O) groups is 1. The summed E-state index contributed by atoms with van der Waals surface area (Å²) in [4.78, 5) is 12.2. The van der Waals surface area contributed by atoms with Crippen molar-refractivity contribution in [2.75, 3.05) is 11.1 Å². The van der Waals surface area contributed by atoms with Crippen molar-refractivity contribution in [3.63, 3.8) is 0 Å². The molecule has 0 bridgehead atoms. The maximum atomic E-state index is 13.7. The number of anilines is 2. The highest BCUT2D eigenvalue weighted by Gasteiger charge is 2.17. The highest BCUT2D eigenvalue weighted by molar-refractivity contribution is 9.10. The Kier molecular flexibility index (Phi) is 4.49. The van der Waals surface area contributed by atoms with E-state index in [1.165, 1.54) is 0 Å². The maximum Gasteiger partial charge on any atom is 0.256 e. The van der Waals surface area contributed by atoms with Gasteiger partial charge in [0.25, 0.3) is 5.91 Å².